The molecule has 0 aromatic carbocycles. The second-order valence-corrected chi connectivity index (χ2v) is 4.37. The Morgan fingerprint density at radius 2 is 1.83 bits per heavy atom. The molecule has 0 aliphatic carbocycles. The van der Waals surface area contributed by atoms with Gasteiger partial charge in [-0.25, -0.2) is 4.79 Å². The maximum atomic E-state index is 11.7. The molecule has 0 aromatic rings. The standard InChI is InChI=1S/C11H21N3O4/c1-7(2)9(14-11(12)18)10(17)13-6-4-3-5-8(15)16/h7,9H,3-6H2,1-2H3,(H,13,17)(H,15,16)(H3,12,14,18). The summed E-state index contributed by atoms with van der Waals surface area (Å²) in [4.78, 5) is 32.7. The van der Waals surface area contributed by atoms with Crippen molar-refractivity contribution >= 4 is 17.9 Å². The van der Waals surface area contributed by atoms with Crippen LogP contribution in [0.4, 0.5) is 4.79 Å². The van der Waals surface area contributed by atoms with Crippen molar-refractivity contribution in [1.29, 1.82) is 0 Å². The van der Waals surface area contributed by atoms with E-state index in [0.29, 0.717) is 19.4 Å². The Hall–Kier alpha value is -1.79. The number of aliphatic carboxylic acids is 1. The molecule has 7 nitrogen and oxygen atoms in total. The summed E-state index contributed by atoms with van der Waals surface area (Å²) < 4.78 is 0. The van der Waals surface area contributed by atoms with Gasteiger partial charge in [0, 0.05) is 13.0 Å². The lowest BCUT2D eigenvalue weighted by atomic mass is 10.0. The number of unbranched alkanes of at least 4 members (excludes halogenated alkanes) is 1. The number of hydrogen-bond donors (Lipinski definition) is 4. The highest BCUT2D eigenvalue weighted by Gasteiger charge is 2.22. The van der Waals surface area contributed by atoms with Crippen molar-refractivity contribution in [2.75, 3.05) is 6.54 Å². The molecule has 3 amide bonds. The van der Waals surface area contributed by atoms with E-state index in [0.717, 1.165) is 0 Å². The monoisotopic (exact) mass is 259 g/mol. The minimum absolute atomic E-state index is 0.0727. The molecule has 5 N–H and O–H groups in total. The topological polar surface area (TPSA) is 122 Å². The lowest BCUT2D eigenvalue weighted by Gasteiger charge is -2.20. The maximum Gasteiger partial charge on any atom is 0.312 e. The number of carboxylic acids is 1. The van der Waals surface area contributed by atoms with Crippen LogP contribution in [-0.2, 0) is 9.59 Å². The first kappa shape index (κ1) is 16.2. The first-order valence-corrected chi connectivity index (χ1v) is 5.90. The van der Waals surface area contributed by atoms with Gasteiger partial charge in [0.25, 0.3) is 0 Å². The SMILES string of the molecule is CC(C)C(NC(N)=O)C(=O)NCCCCC(=O)O. The second kappa shape index (κ2) is 8.32. The Labute approximate surface area is 106 Å². The zero-order valence-electron chi connectivity index (χ0n) is 10.7. The van der Waals surface area contributed by atoms with E-state index in [1.807, 2.05) is 0 Å². The lowest BCUT2D eigenvalue weighted by molar-refractivity contribution is -0.137. The van der Waals surface area contributed by atoms with E-state index in [-0.39, 0.29) is 18.2 Å². The molecule has 0 fully saturated rings. The van der Waals surface area contributed by atoms with E-state index in [4.69, 9.17) is 10.8 Å². The number of nitrogens with two attached hydrogens (primary N) is 1. The van der Waals surface area contributed by atoms with Gasteiger partial charge in [-0.05, 0) is 18.8 Å². The summed E-state index contributed by atoms with van der Waals surface area (Å²) in [6, 6.07) is -1.41. The molecule has 0 spiro atoms. The molecule has 0 bridgehead atoms. The quantitative estimate of drug-likeness (QED) is 0.460. The van der Waals surface area contributed by atoms with Gasteiger partial charge in [-0.2, -0.15) is 0 Å². The van der Waals surface area contributed by atoms with Crippen molar-refractivity contribution in [2.24, 2.45) is 11.7 Å². The number of carboxylic acid groups (broad SMARTS) is 1. The Balaban J connectivity index is 3.96. The van der Waals surface area contributed by atoms with Gasteiger partial charge in [0.05, 0.1) is 0 Å². The minimum atomic E-state index is -0.850. The molecular formula is C11H21N3O4. The first-order valence-electron chi connectivity index (χ1n) is 5.90. The van der Waals surface area contributed by atoms with Crippen LogP contribution in [0.25, 0.3) is 0 Å². The molecule has 0 heterocycles. The summed E-state index contributed by atoms with van der Waals surface area (Å²) in [6.07, 6.45) is 1.17. The Morgan fingerprint density at radius 1 is 1.22 bits per heavy atom. The van der Waals surface area contributed by atoms with Crippen LogP contribution in [0.5, 0.6) is 0 Å². The molecule has 1 unspecified atom stereocenters. The molecular weight excluding hydrogens is 238 g/mol. The van der Waals surface area contributed by atoms with Gasteiger partial charge in [-0.3, -0.25) is 9.59 Å². The third kappa shape index (κ3) is 7.48. The zero-order chi connectivity index (χ0) is 14.1. The number of rotatable bonds is 8. The normalized spacial score (nSPS) is 11.9. The van der Waals surface area contributed by atoms with Crippen LogP contribution in [0.2, 0.25) is 0 Å². The number of nitrogens with one attached hydrogen (secondary N) is 2. The molecule has 0 aliphatic heterocycles. The molecule has 7 heteroatoms. The summed E-state index contributed by atoms with van der Waals surface area (Å²) >= 11 is 0. The summed E-state index contributed by atoms with van der Waals surface area (Å²) in [5.74, 6) is -1.23. The summed E-state index contributed by atoms with van der Waals surface area (Å²) in [6.45, 7) is 3.98. The minimum Gasteiger partial charge on any atom is -0.481 e. The van der Waals surface area contributed by atoms with Crippen molar-refractivity contribution < 1.29 is 19.5 Å². The molecule has 0 aromatic heterocycles. The summed E-state index contributed by atoms with van der Waals surface area (Å²) in [5.41, 5.74) is 4.98. The highest BCUT2D eigenvalue weighted by molar-refractivity contribution is 5.86. The van der Waals surface area contributed by atoms with Crippen LogP contribution in [0.15, 0.2) is 0 Å². The van der Waals surface area contributed by atoms with Crippen molar-refractivity contribution in [2.45, 2.75) is 39.2 Å². The Kier molecular flexibility index (Phi) is 7.50. The molecule has 0 saturated carbocycles. The van der Waals surface area contributed by atoms with E-state index >= 15 is 0 Å². The van der Waals surface area contributed by atoms with Crippen molar-refractivity contribution in [3.8, 4) is 0 Å². The first-order chi connectivity index (χ1) is 8.34. The van der Waals surface area contributed by atoms with E-state index in [1.165, 1.54) is 0 Å². The number of amides is 3. The van der Waals surface area contributed by atoms with Crippen LogP contribution >= 0.6 is 0 Å². The van der Waals surface area contributed by atoms with Crippen LogP contribution in [0.3, 0.4) is 0 Å². The maximum absolute atomic E-state index is 11.7. The van der Waals surface area contributed by atoms with Crippen LogP contribution in [0.1, 0.15) is 33.1 Å². The number of hydrogen-bond acceptors (Lipinski definition) is 3. The largest absolute Gasteiger partial charge is 0.481 e. The average Bonchev–Trinajstić information content (AvgIpc) is 2.24. The van der Waals surface area contributed by atoms with Crippen LogP contribution < -0.4 is 16.4 Å². The fraction of sp³-hybridized carbons (Fsp3) is 0.727. The van der Waals surface area contributed by atoms with E-state index < -0.39 is 18.0 Å². The Bertz CT molecular complexity index is 305. The third-order valence-corrected chi connectivity index (χ3v) is 2.36. The van der Waals surface area contributed by atoms with Crippen molar-refractivity contribution in [1.82, 2.24) is 10.6 Å². The Morgan fingerprint density at radius 3 is 2.28 bits per heavy atom. The molecule has 0 rings (SSSR count). The summed E-state index contributed by atoms with van der Waals surface area (Å²) in [7, 11) is 0. The molecule has 18 heavy (non-hydrogen) atoms. The fourth-order valence-electron chi connectivity index (χ4n) is 1.41. The van der Waals surface area contributed by atoms with Crippen LogP contribution in [0, 0.1) is 5.92 Å². The van der Waals surface area contributed by atoms with Gasteiger partial charge >= 0.3 is 12.0 Å². The lowest BCUT2D eigenvalue weighted by Crippen LogP contribution is -2.51. The predicted octanol–water partition coefficient (Wildman–Crippen LogP) is 0.0504. The second-order valence-electron chi connectivity index (χ2n) is 4.37. The molecule has 1 atom stereocenters. The number of primary amides is 1. The fourth-order valence-corrected chi connectivity index (χ4v) is 1.41. The van der Waals surface area contributed by atoms with Gasteiger partial charge < -0.3 is 21.5 Å². The highest BCUT2D eigenvalue weighted by atomic mass is 16.4. The van der Waals surface area contributed by atoms with Crippen molar-refractivity contribution in [3.63, 3.8) is 0 Å². The van der Waals surface area contributed by atoms with Gasteiger partial charge in [0.2, 0.25) is 5.91 Å². The van der Waals surface area contributed by atoms with Gasteiger partial charge in [0.1, 0.15) is 6.04 Å². The van der Waals surface area contributed by atoms with E-state index in [2.05, 4.69) is 10.6 Å². The van der Waals surface area contributed by atoms with Crippen LogP contribution in [-0.4, -0.2) is 35.6 Å². The third-order valence-electron chi connectivity index (χ3n) is 2.36. The summed E-state index contributed by atoms with van der Waals surface area (Å²) in [5, 5.41) is 13.4. The van der Waals surface area contributed by atoms with Crippen molar-refractivity contribution in [3.05, 3.63) is 0 Å². The number of urea groups is 1. The number of carbonyl (C=O) groups is 3. The molecule has 104 valence electrons. The molecule has 0 radical (unpaired) electrons. The van der Waals surface area contributed by atoms with Gasteiger partial charge in [0.15, 0.2) is 0 Å². The molecule has 0 saturated heterocycles. The van der Waals surface area contributed by atoms with E-state index in [1.54, 1.807) is 13.8 Å². The molecule has 0 aliphatic rings. The number of carbonyl (C=O) groups excluding carboxylic acids is 2. The average molecular weight is 259 g/mol. The highest BCUT2D eigenvalue weighted by Crippen LogP contribution is 2.02. The predicted molar refractivity (Wildman–Crippen MR) is 65.8 cm³/mol. The zero-order valence-corrected chi connectivity index (χ0v) is 10.7. The smallest absolute Gasteiger partial charge is 0.312 e. The van der Waals surface area contributed by atoms with Gasteiger partial charge in [-0.15, -0.1) is 0 Å². The van der Waals surface area contributed by atoms with Gasteiger partial charge in [-0.1, -0.05) is 13.8 Å². The van der Waals surface area contributed by atoms with E-state index in [9.17, 15) is 14.4 Å².